The van der Waals surface area contributed by atoms with Crippen LogP contribution in [0.4, 0.5) is 10.2 Å². The van der Waals surface area contributed by atoms with Crippen LogP contribution in [-0.2, 0) is 14.3 Å². The van der Waals surface area contributed by atoms with Gasteiger partial charge in [0.05, 0.1) is 24.6 Å². The SMILES string of the molecule is C=CC(=O)N1CCN2C(=O)c3c(N4CC(C(=O)OC)CC4(C)C)nc(-c4c(O)cccc4F)c(Cl)c3OCC2C1. The van der Waals surface area contributed by atoms with Gasteiger partial charge in [0.25, 0.3) is 5.91 Å². The maximum absolute atomic E-state index is 15.1. The van der Waals surface area contributed by atoms with Gasteiger partial charge in [0.1, 0.15) is 40.3 Å². The molecule has 2 atom stereocenters. The summed E-state index contributed by atoms with van der Waals surface area (Å²) in [6, 6.07) is 3.35. The number of pyridine rings is 1. The second kappa shape index (κ2) is 10.3. The molecule has 0 saturated carbocycles. The summed E-state index contributed by atoms with van der Waals surface area (Å²) in [6.45, 7) is 8.33. The van der Waals surface area contributed by atoms with Gasteiger partial charge in [0.15, 0.2) is 5.75 Å². The van der Waals surface area contributed by atoms with Gasteiger partial charge in [-0.1, -0.05) is 24.2 Å². The number of anilines is 1. The molecule has 0 bridgehead atoms. The number of esters is 1. The second-order valence-electron chi connectivity index (χ2n) is 10.7. The average Bonchev–Trinajstić information content (AvgIpc) is 3.17. The number of carbonyl (C=O) groups is 3. The summed E-state index contributed by atoms with van der Waals surface area (Å²) >= 11 is 6.79. The van der Waals surface area contributed by atoms with Crippen molar-refractivity contribution in [1.82, 2.24) is 14.8 Å². The van der Waals surface area contributed by atoms with E-state index >= 15 is 4.39 Å². The van der Waals surface area contributed by atoms with Crippen LogP contribution in [0.25, 0.3) is 11.3 Å². The first kappa shape index (κ1) is 27.7. The number of carbonyl (C=O) groups excluding carboxylic acids is 3. The number of aromatic hydroxyl groups is 1. The molecule has 0 aliphatic carbocycles. The normalized spacial score (nSPS) is 21.7. The van der Waals surface area contributed by atoms with Crippen LogP contribution in [0.2, 0.25) is 5.02 Å². The van der Waals surface area contributed by atoms with Crippen LogP contribution < -0.4 is 9.64 Å². The molecule has 212 valence electrons. The van der Waals surface area contributed by atoms with Gasteiger partial charge in [-0.15, -0.1) is 0 Å². The largest absolute Gasteiger partial charge is 0.507 e. The number of hydrogen-bond donors (Lipinski definition) is 1. The van der Waals surface area contributed by atoms with Crippen LogP contribution in [-0.4, -0.2) is 89.2 Å². The Morgan fingerprint density at radius 3 is 2.70 bits per heavy atom. The highest BCUT2D eigenvalue weighted by Crippen LogP contribution is 2.48. The lowest BCUT2D eigenvalue weighted by atomic mass is 9.96. The number of phenolic OH excluding ortho intramolecular Hbond substituents is 1. The Kier molecular flexibility index (Phi) is 7.11. The van der Waals surface area contributed by atoms with Crippen molar-refractivity contribution < 1.29 is 33.4 Å². The van der Waals surface area contributed by atoms with E-state index in [0.717, 1.165) is 0 Å². The van der Waals surface area contributed by atoms with Crippen LogP contribution in [0.5, 0.6) is 11.5 Å². The molecule has 2 aromatic rings. The second-order valence-corrected chi connectivity index (χ2v) is 11.1. The van der Waals surface area contributed by atoms with Crippen molar-refractivity contribution in [2.75, 3.05) is 44.8 Å². The number of phenols is 1. The minimum Gasteiger partial charge on any atom is -0.507 e. The molecule has 2 fully saturated rings. The van der Waals surface area contributed by atoms with Crippen molar-refractivity contribution in [2.24, 2.45) is 5.92 Å². The van der Waals surface area contributed by atoms with Gasteiger partial charge in [-0.25, -0.2) is 9.37 Å². The predicted octanol–water partition coefficient (Wildman–Crippen LogP) is 3.26. The molecule has 2 unspecified atom stereocenters. The van der Waals surface area contributed by atoms with E-state index in [-0.39, 0.29) is 71.3 Å². The average molecular weight is 573 g/mol. The number of halogens is 2. The van der Waals surface area contributed by atoms with E-state index in [1.807, 2.05) is 18.7 Å². The minimum absolute atomic E-state index is 0.00244. The number of benzene rings is 1. The van der Waals surface area contributed by atoms with Crippen LogP contribution in [0, 0.1) is 11.7 Å². The number of amides is 2. The van der Waals surface area contributed by atoms with Crippen molar-refractivity contribution in [3.8, 4) is 22.8 Å². The van der Waals surface area contributed by atoms with Crippen molar-refractivity contribution in [3.05, 3.63) is 47.3 Å². The number of ether oxygens (including phenoxy) is 2. The number of hydrogen-bond acceptors (Lipinski definition) is 8. The van der Waals surface area contributed by atoms with E-state index in [2.05, 4.69) is 6.58 Å². The lowest BCUT2D eigenvalue weighted by molar-refractivity contribution is -0.144. The molecule has 1 aromatic heterocycles. The fraction of sp³-hybridized carbons (Fsp3) is 0.429. The molecule has 2 amide bonds. The zero-order valence-electron chi connectivity index (χ0n) is 22.4. The van der Waals surface area contributed by atoms with Gasteiger partial charge in [0.2, 0.25) is 5.91 Å². The Morgan fingerprint density at radius 2 is 2.02 bits per heavy atom. The van der Waals surface area contributed by atoms with Gasteiger partial charge < -0.3 is 29.3 Å². The molecule has 0 radical (unpaired) electrons. The van der Waals surface area contributed by atoms with E-state index in [9.17, 15) is 19.5 Å². The third-order valence-corrected chi connectivity index (χ3v) is 8.19. The third-order valence-electron chi connectivity index (χ3n) is 7.84. The summed E-state index contributed by atoms with van der Waals surface area (Å²) in [5.41, 5.74) is -0.921. The number of fused-ring (bicyclic) bond motifs is 2. The summed E-state index contributed by atoms with van der Waals surface area (Å²) in [5.74, 6) is -2.54. The molecular formula is C28H30ClFN4O6. The van der Waals surface area contributed by atoms with Gasteiger partial charge in [-0.3, -0.25) is 14.4 Å². The van der Waals surface area contributed by atoms with Crippen molar-refractivity contribution in [2.45, 2.75) is 31.8 Å². The maximum Gasteiger partial charge on any atom is 0.310 e. The van der Waals surface area contributed by atoms with Gasteiger partial charge in [-0.05, 0) is 38.5 Å². The van der Waals surface area contributed by atoms with Gasteiger partial charge in [-0.2, -0.15) is 0 Å². The fourth-order valence-corrected chi connectivity index (χ4v) is 6.11. The van der Waals surface area contributed by atoms with Crippen LogP contribution in [0.1, 0.15) is 30.6 Å². The highest BCUT2D eigenvalue weighted by Gasteiger charge is 2.47. The Bertz CT molecular complexity index is 1400. The van der Waals surface area contributed by atoms with Crippen LogP contribution >= 0.6 is 11.6 Å². The van der Waals surface area contributed by atoms with Crippen molar-refractivity contribution in [3.63, 3.8) is 0 Å². The number of nitrogens with zero attached hydrogens (tertiary/aromatic N) is 4. The Morgan fingerprint density at radius 1 is 1.27 bits per heavy atom. The zero-order chi connectivity index (χ0) is 28.9. The van der Waals surface area contributed by atoms with Crippen LogP contribution in [0.15, 0.2) is 30.9 Å². The third kappa shape index (κ3) is 4.51. The molecule has 1 aromatic carbocycles. The number of rotatable bonds is 4. The summed E-state index contributed by atoms with van der Waals surface area (Å²) < 4.78 is 26.2. The zero-order valence-corrected chi connectivity index (χ0v) is 23.2. The van der Waals surface area contributed by atoms with E-state index in [0.29, 0.717) is 13.0 Å². The lowest BCUT2D eigenvalue weighted by Crippen LogP contribution is -2.57. The Hall–Kier alpha value is -3.86. The Labute approximate surface area is 235 Å². The quantitative estimate of drug-likeness (QED) is 0.439. The van der Waals surface area contributed by atoms with Crippen LogP contribution in [0.3, 0.4) is 0 Å². The molecule has 12 heteroatoms. The molecule has 5 rings (SSSR count). The molecule has 10 nitrogen and oxygen atoms in total. The number of piperazine rings is 1. The number of methoxy groups -OCH3 is 1. The standard InChI is InChI=1S/C28H30ClFN4O6/c1-5-19(36)32-9-10-33-16(13-32)14-40-24-21(26(33)37)25(34-12-15(27(38)39-4)11-28(34,2)3)31-23(22(24)29)20-17(30)7-6-8-18(20)35/h5-8,15-16,35H,1,9-14H2,2-4H3. The highest BCUT2D eigenvalue weighted by molar-refractivity contribution is 6.35. The van der Waals surface area contributed by atoms with E-state index in [1.54, 1.807) is 9.80 Å². The van der Waals surface area contributed by atoms with Gasteiger partial charge >= 0.3 is 5.97 Å². The summed E-state index contributed by atoms with van der Waals surface area (Å²) in [5, 5.41) is 10.5. The van der Waals surface area contributed by atoms with Crippen molar-refractivity contribution >= 4 is 35.2 Å². The van der Waals surface area contributed by atoms with Gasteiger partial charge in [0, 0.05) is 31.7 Å². The molecule has 3 aliphatic rings. The maximum atomic E-state index is 15.1. The molecule has 40 heavy (non-hydrogen) atoms. The first-order chi connectivity index (χ1) is 19.0. The van der Waals surface area contributed by atoms with Crippen molar-refractivity contribution in [1.29, 1.82) is 0 Å². The molecule has 2 saturated heterocycles. The first-order valence-electron chi connectivity index (χ1n) is 12.9. The molecule has 1 N–H and O–H groups in total. The first-order valence-corrected chi connectivity index (χ1v) is 13.3. The monoisotopic (exact) mass is 572 g/mol. The topological polar surface area (TPSA) is 113 Å². The minimum atomic E-state index is -0.760. The number of aromatic nitrogens is 1. The summed E-state index contributed by atoms with van der Waals surface area (Å²) in [6.07, 6.45) is 1.64. The van der Waals surface area contributed by atoms with E-state index in [4.69, 9.17) is 26.1 Å². The molecular weight excluding hydrogens is 543 g/mol. The lowest BCUT2D eigenvalue weighted by Gasteiger charge is -2.40. The molecule has 0 spiro atoms. The smallest absolute Gasteiger partial charge is 0.310 e. The molecule has 3 aliphatic heterocycles. The molecule has 4 heterocycles. The fourth-order valence-electron chi connectivity index (χ4n) is 5.83. The highest BCUT2D eigenvalue weighted by atomic mass is 35.5. The van der Waals surface area contributed by atoms with E-state index < -0.39 is 35.2 Å². The Balaban J connectivity index is 1.70. The predicted molar refractivity (Wildman–Crippen MR) is 145 cm³/mol. The summed E-state index contributed by atoms with van der Waals surface area (Å²) in [7, 11) is 1.32. The summed E-state index contributed by atoms with van der Waals surface area (Å²) in [4.78, 5) is 48.7. The van der Waals surface area contributed by atoms with E-state index in [1.165, 1.54) is 31.4 Å².